The molecule has 0 atom stereocenters. The Labute approximate surface area is 228 Å². The molecular weight excluding hydrogens is 539 g/mol. The van der Waals surface area contributed by atoms with Crippen LogP contribution in [0.3, 0.4) is 0 Å². The summed E-state index contributed by atoms with van der Waals surface area (Å²) in [5, 5.41) is 3.25. The average molecular weight is 560 g/mol. The van der Waals surface area contributed by atoms with Gasteiger partial charge in [-0.25, -0.2) is 9.69 Å². The zero-order valence-corrected chi connectivity index (χ0v) is 22.1. The van der Waals surface area contributed by atoms with E-state index < -0.39 is 17.8 Å². The van der Waals surface area contributed by atoms with Gasteiger partial charge in [-0.3, -0.25) is 14.9 Å². The number of benzene rings is 3. The van der Waals surface area contributed by atoms with Crippen LogP contribution in [0.5, 0.6) is 11.5 Å². The molecule has 1 aliphatic rings. The van der Waals surface area contributed by atoms with E-state index in [-0.39, 0.29) is 23.0 Å². The minimum atomic E-state index is -0.819. The Morgan fingerprint density at radius 3 is 2.38 bits per heavy atom. The summed E-state index contributed by atoms with van der Waals surface area (Å²) in [5.74, 6) is -0.962. The summed E-state index contributed by atoms with van der Waals surface area (Å²) in [6.45, 7) is 4.02. The van der Waals surface area contributed by atoms with Crippen LogP contribution in [0.2, 0.25) is 15.1 Å². The first-order chi connectivity index (χ1) is 17.7. The van der Waals surface area contributed by atoms with E-state index in [2.05, 4.69) is 5.32 Å². The van der Waals surface area contributed by atoms with E-state index in [1.54, 1.807) is 62.4 Å². The van der Waals surface area contributed by atoms with Crippen molar-refractivity contribution in [2.45, 2.75) is 20.5 Å². The van der Waals surface area contributed by atoms with Crippen molar-refractivity contribution in [3.8, 4) is 11.5 Å². The number of imide groups is 2. The van der Waals surface area contributed by atoms with Crippen LogP contribution in [0, 0.1) is 6.92 Å². The number of carbonyl (C=O) groups is 3. The van der Waals surface area contributed by atoms with Gasteiger partial charge in [0.15, 0.2) is 11.5 Å². The van der Waals surface area contributed by atoms with Gasteiger partial charge >= 0.3 is 6.03 Å². The highest BCUT2D eigenvalue weighted by Crippen LogP contribution is 2.38. The summed E-state index contributed by atoms with van der Waals surface area (Å²) < 4.78 is 11.6. The molecule has 1 heterocycles. The fourth-order valence-corrected chi connectivity index (χ4v) is 4.31. The lowest BCUT2D eigenvalue weighted by molar-refractivity contribution is -0.122. The molecule has 0 radical (unpaired) electrons. The molecule has 7 nitrogen and oxygen atoms in total. The molecule has 37 heavy (non-hydrogen) atoms. The third kappa shape index (κ3) is 5.74. The highest BCUT2D eigenvalue weighted by molar-refractivity contribution is 6.42. The second kappa shape index (κ2) is 11.3. The van der Waals surface area contributed by atoms with E-state index in [0.717, 1.165) is 10.5 Å². The number of amides is 4. The zero-order valence-electron chi connectivity index (χ0n) is 19.8. The zero-order chi connectivity index (χ0) is 26.7. The summed E-state index contributed by atoms with van der Waals surface area (Å²) in [5.41, 5.74) is 2.02. The number of nitrogens with zero attached hydrogens (tertiary/aromatic N) is 1. The van der Waals surface area contributed by atoms with Crippen molar-refractivity contribution in [2.75, 3.05) is 11.5 Å². The molecule has 3 aromatic rings. The maximum atomic E-state index is 13.2. The van der Waals surface area contributed by atoms with Crippen molar-refractivity contribution in [3.05, 3.63) is 91.9 Å². The maximum absolute atomic E-state index is 13.2. The van der Waals surface area contributed by atoms with Gasteiger partial charge in [-0.1, -0.05) is 59.1 Å². The second-order valence-electron chi connectivity index (χ2n) is 8.04. The summed E-state index contributed by atoms with van der Waals surface area (Å²) >= 11 is 18.6. The molecule has 4 amide bonds. The van der Waals surface area contributed by atoms with Crippen LogP contribution in [0.15, 0.2) is 60.2 Å². The smallest absolute Gasteiger partial charge is 0.335 e. The number of anilines is 1. The summed E-state index contributed by atoms with van der Waals surface area (Å²) in [4.78, 5) is 39.3. The first kappa shape index (κ1) is 26.5. The molecular formula is C27H21Cl3N2O5. The Hall–Kier alpha value is -3.52. The molecule has 0 bridgehead atoms. The lowest BCUT2D eigenvalue weighted by Gasteiger charge is -2.27. The monoisotopic (exact) mass is 558 g/mol. The number of ether oxygens (including phenoxy) is 2. The van der Waals surface area contributed by atoms with Crippen molar-refractivity contribution in [1.29, 1.82) is 0 Å². The Balaban J connectivity index is 1.66. The third-order valence-corrected chi connectivity index (χ3v) is 6.49. The van der Waals surface area contributed by atoms with Crippen molar-refractivity contribution < 1.29 is 23.9 Å². The van der Waals surface area contributed by atoms with Gasteiger partial charge in [-0.05, 0) is 66.9 Å². The highest BCUT2D eigenvalue weighted by atomic mass is 35.5. The molecule has 3 aromatic carbocycles. The van der Waals surface area contributed by atoms with Crippen molar-refractivity contribution in [3.63, 3.8) is 0 Å². The molecule has 1 saturated heterocycles. The largest absolute Gasteiger partial charge is 0.490 e. The van der Waals surface area contributed by atoms with Gasteiger partial charge < -0.3 is 9.47 Å². The standard InChI is InChI=1S/C27H21Cl3N2O5/c1-3-36-23-13-17(12-21(30)24(23)37-14-16-8-9-19(28)20(29)11-16)10-18-25(33)31-27(35)32(26(18)34)22-7-5-4-6-15(22)2/h4-13H,3,14H2,1-2H3,(H,31,33,35)/b18-10+. The highest BCUT2D eigenvalue weighted by Gasteiger charge is 2.37. The number of aryl methyl sites for hydroxylation is 1. The van der Waals surface area contributed by atoms with Gasteiger partial charge in [0, 0.05) is 0 Å². The molecule has 1 fully saturated rings. The number of urea groups is 1. The molecule has 0 aromatic heterocycles. The fraction of sp³-hybridized carbons (Fsp3) is 0.148. The van der Waals surface area contributed by atoms with Crippen LogP contribution in [0.1, 0.15) is 23.6 Å². The fourth-order valence-electron chi connectivity index (χ4n) is 3.72. The number of nitrogens with one attached hydrogen (secondary N) is 1. The minimum absolute atomic E-state index is 0.144. The van der Waals surface area contributed by atoms with Crippen LogP contribution in [-0.2, 0) is 16.2 Å². The molecule has 0 unspecified atom stereocenters. The van der Waals surface area contributed by atoms with Gasteiger partial charge in [-0.15, -0.1) is 0 Å². The van der Waals surface area contributed by atoms with Gasteiger partial charge in [0.2, 0.25) is 0 Å². The first-order valence-corrected chi connectivity index (χ1v) is 12.3. The molecule has 0 aliphatic carbocycles. The predicted octanol–water partition coefficient (Wildman–Crippen LogP) is 6.60. The van der Waals surface area contributed by atoms with Gasteiger partial charge in [0.05, 0.1) is 27.4 Å². The minimum Gasteiger partial charge on any atom is -0.490 e. The maximum Gasteiger partial charge on any atom is 0.335 e. The Bertz CT molecular complexity index is 1440. The summed E-state index contributed by atoms with van der Waals surface area (Å²) in [6, 6.07) is 14.3. The molecule has 10 heteroatoms. The SMILES string of the molecule is CCOc1cc(/C=C2\C(=O)NC(=O)N(c3ccccc3C)C2=O)cc(Cl)c1OCc1ccc(Cl)c(Cl)c1. The quantitative estimate of drug-likeness (QED) is 0.260. The number of para-hydroxylation sites is 1. The van der Waals surface area contributed by atoms with Crippen molar-refractivity contribution >= 4 is 64.4 Å². The predicted molar refractivity (Wildman–Crippen MR) is 144 cm³/mol. The van der Waals surface area contributed by atoms with Crippen LogP contribution in [0.25, 0.3) is 6.08 Å². The van der Waals surface area contributed by atoms with E-state index >= 15 is 0 Å². The van der Waals surface area contributed by atoms with Crippen LogP contribution in [-0.4, -0.2) is 24.5 Å². The Morgan fingerprint density at radius 2 is 1.68 bits per heavy atom. The van der Waals surface area contributed by atoms with Crippen LogP contribution in [0.4, 0.5) is 10.5 Å². The van der Waals surface area contributed by atoms with Crippen molar-refractivity contribution in [1.82, 2.24) is 5.32 Å². The summed E-state index contributed by atoms with van der Waals surface area (Å²) in [7, 11) is 0. The number of barbiturate groups is 1. The first-order valence-electron chi connectivity index (χ1n) is 11.2. The number of hydrogen-bond acceptors (Lipinski definition) is 5. The number of hydrogen-bond donors (Lipinski definition) is 1. The van der Waals surface area contributed by atoms with Gasteiger partial charge in [0.1, 0.15) is 12.2 Å². The molecule has 0 spiro atoms. The van der Waals surface area contributed by atoms with Crippen molar-refractivity contribution in [2.24, 2.45) is 0 Å². The van der Waals surface area contributed by atoms with E-state index in [1.807, 2.05) is 0 Å². The van der Waals surface area contributed by atoms with Crippen LogP contribution >= 0.6 is 34.8 Å². The molecule has 1 aliphatic heterocycles. The van der Waals surface area contributed by atoms with Crippen LogP contribution < -0.4 is 19.7 Å². The number of rotatable bonds is 7. The molecule has 190 valence electrons. The second-order valence-corrected chi connectivity index (χ2v) is 9.27. The molecule has 4 rings (SSSR count). The lowest BCUT2D eigenvalue weighted by atomic mass is 10.1. The summed E-state index contributed by atoms with van der Waals surface area (Å²) in [6.07, 6.45) is 1.35. The number of carbonyl (C=O) groups excluding carboxylic acids is 3. The number of halogens is 3. The van der Waals surface area contributed by atoms with E-state index in [9.17, 15) is 14.4 Å². The Kier molecular flexibility index (Phi) is 8.07. The third-order valence-electron chi connectivity index (χ3n) is 5.47. The lowest BCUT2D eigenvalue weighted by Crippen LogP contribution is -2.54. The van der Waals surface area contributed by atoms with E-state index in [4.69, 9.17) is 44.3 Å². The average Bonchev–Trinajstić information content (AvgIpc) is 2.84. The molecule has 1 N–H and O–H groups in total. The molecule has 0 saturated carbocycles. The Morgan fingerprint density at radius 1 is 0.919 bits per heavy atom. The van der Waals surface area contributed by atoms with Gasteiger partial charge in [0.25, 0.3) is 11.8 Å². The van der Waals surface area contributed by atoms with Gasteiger partial charge in [-0.2, -0.15) is 0 Å². The topological polar surface area (TPSA) is 84.9 Å². The van der Waals surface area contributed by atoms with E-state index in [0.29, 0.717) is 39.2 Å². The normalized spacial score (nSPS) is 14.7. The van der Waals surface area contributed by atoms with E-state index in [1.165, 1.54) is 12.1 Å².